The van der Waals surface area contributed by atoms with Crippen LogP contribution in [0.15, 0.2) is 15.8 Å². The molecule has 1 N–H and O–H groups in total. The molecule has 142 valence electrons. The Bertz CT molecular complexity index is 737. The lowest BCUT2D eigenvalue weighted by Crippen LogP contribution is -2.33. The molecule has 0 aliphatic carbocycles. The van der Waals surface area contributed by atoms with E-state index in [0.29, 0.717) is 12.0 Å². The standard InChI is InChI=1S/C14H24N3O7P/c1-5-21-25(20,22-6-2)23-9-11-7-12(24-16(11)4)17-8-10(3)13(18)15-14(17)19/h8,11-12H,5-7,9H2,1-4H3,(H,15,18,19)/t11-,12-/m1/s1. The van der Waals surface area contributed by atoms with Crippen molar-refractivity contribution in [3.05, 3.63) is 32.6 Å². The second-order valence-corrected chi connectivity index (χ2v) is 7.22. The van der Waals surface area contributed by atoms with Crippen molar-refractivity contribution in [1.29, 1.82) is 0 Å². The molecule has 0 bridgehead atoms. The van der Waals surface area contributed by atoms with Crippen LogP contribution >= 0.6 is 7.82 Å². The zero-order valence-corrected chi connectivity index (χ0v) is 15.7. The Morgan fingerprint density at radius 1 is 1.28 bits per heavy atom. The lowest BCUT2D eigenvalue weighted by atomic mass is 10.2. The van der Waals surface area contributed by atoms with Crippen molar-refractivity contribution >= 4 is 7.82 Å². The summed E-state index contributed by atoms with van der Waals surface area (Å²) in [7, 11) is -1.93. The van der Waals surface area contributed by atoms with Crippen LogP contribution in [0.2, 0.25) is 0 Å². The van der Waals surface area contributed by atoms with Gasteiger partial charge >= 0.3 is 13.5 Å². The molecule has 1 aliphatic heterocycles. The second kappa shape index (κ2) is 8.39. The molecule has 0 aromatic carbocycles. The van der Waals surface area contributed by atoms with Gasteiger partial charge in [-0.1, -0.05) is 0 Å². The molecule has 1 saturated heterocycles. The van der Waals surface area contributed by atoms with Crippen molar-refractivity contribution in [2.24, 2.45) is 0 Å². The van der Waals surface area contributed by atoms with Crippen LogP contribution in [0.25, 0.3) is 0 Å². The molecule has 1 aliphatic rings. The molecule has 2 rings (SSSR count). The number of aromatic nitrogens is 2. The summed E-state index contributed by atoms with van der Waals surface area (Å²) < 4.78 is 29.2. The second-order valence-electron chi connectivity index (χ2n) is 5.55. The maximum Gasteiger partial charge on any atom is 0.474 e. The van der Waals surface area contributed by atoms with Gasteiger partial charge in [0.05, 0.1) is 25.9 Å². The van der Waals surface area contributed by atoms with Crippen LogP contribution in [0.1, 0.15) is 32.1 Å². The molecule has 0 saturated carbocycles. The summed E-state index contributed by atoms with van der Waals surface area (Å²) in [6.45, 7) is 5.43. The van der Waals surface area contributed by atoms with Gasteiger partial charge in [0, 0.05) is 25.2 Å². The summed E-state index contributed by atoms with van der Waals surface area (Å²) in [6.07, 6.45) is 1.26. The van der Waals surface area contributed by atoms with E-state index in [2.05, 4.69) is 4.98 Å². The molecule has 0 radical (unpaired) electrons. The number of phosphoric ester groups is 1. The van der Waals surface area contributed by atoms with E-state index >= 15 is 0 Å². The Hall–Kier alpha value is -1.29. The first-order valence-electron chi connectivity index (χ1n) is 8.05. The van der Waals surface area contributed by atoms with Crippen molar-refractivity contribution in [3.63, 3.8) is 0 Å². The Morgan fingerprint density at radius 2 is 1.92 bits per heavy atom. The minimum atomic E-state index is -3.61. The van der Waals surface area contributed by atoms with Crippen LogP contribution in [-0.2, 0) is 23.0 Å². The van der Waals surface area contributed by atoms with E-state index < -0.39 is 25.3 Å². The molecular formula is C14H24N3O7P. The number of nitrogens with zero attached hydrogens (tertiary/aromatic N) is 2. The summed E-state index contributed by atoms with van der Waals surface area (Å²) in [6, 6.07) is -0.265. The maximum absolute atomic E-state index is 12.3. The van der Waals surface area contributed by atoms with Crippen LogP contribution < -0.4 is 11.2 Å². The van der Waals surface area contributed by atoms with Gasteiger partial charge in [-0.2, -0.15) is 5.06 Å². The van der Waals surface area contributed by atoms with Gasteiger partial charge in [0.15, 0.2) is 6.23 Å². The fourth-order valence-electron chi connectivity index (χ4n) is 2.44. The Labute approximate surface area is 145 Å². The largest absolute Gasteiger partial charge is 0.474 e. The highest BCUT2D eigenvalue weighted by Crippen LogP contribution is 2.49. The van der Waals surface area contributed by atoms with Crippen molar-refractivity contribution < 1.29 is 23.0 Å². The molecule has 10 nitrogen and oxygen atoms in total. The number of aromatic amines is 1. The number of phosphoric acid groups is 1. The number of H-pyrrole nitrogens is 1. The van der Waals surface area contributed by atoms with E-state index in [-0.39, 0.29) is 25.9 Å². The quantitative estimate of drug-likeness (QED) is 0.672. The Morgan fingerprint density at radius 3 is 2.52 bits per heavy atom. The zero-order valence-electron chi connectivity index (χ0n) is 14.8. The zero-order chi connectivity index (χ0) is 18.6. The Balaban J connectivity index is 2.06. The number of likely N-dealkylation sites (N-methyl/N-ethyl adjacent to an activating group) is 1. The first-order valence-corrected chi connectivity index (χ1v) is 9.51. The van der Waals surface area contributed by atoms with Crippen LogP contribution in [0, 0.1) is 6.92 Å². The van der Waals surface area contributed by atoms with Crippen molar-refractivity contribution in [3.8, 4) is 0 Å². The van der Waals surface area contributed by atoms with Crippen molar-refractivity contribution in [2.75, 3.05) is 26.9 Å². The highest BCUT2D eigenvalue weighted by molar-refractivity contribution is 7.48. The third-order valence-electron chi connectivity index (χ3n) is 3.73. The van der Waals surface area contributed by atoms with Crippen molar-refractivity contribution in [1.82, 2.24) is 14.6 Å². The number of aryl methyl sites for hydroxylation is 1. The molecule has 1 aromatic heterocycles. The SMILES string of the molecule is CCOP(=O)(OCC)OC[C@H]1C[C@H](n2cc(C)c(=O)[nH]c2=O)ON1C. The van der Waals surface area contributed by atoms with Gasteiger partial charge in [-0.05, 0) is 20.8 Å². The number of hydrogen-bond acceptors (Lipinski definition) is 8. The van der Waals surface area contributed by atoms with Crippen LogP contribution in [0.3, 0.4) is 0 Å². The van der Waals surface area contributed by atoms with Gasteiger partial charge in [-0.25, -0.2) is 9.36 Å². The van der Waals surface area contributed by atoms with E-state index in [0.717, 1.165) is 0 Å². The first-order chi connectivity index (χ1) is 11.8. The van der Waals surface area contributed by atoms with Gasteiger partial charge in [0.25, 0.3) is 5.56 Å². The summed E-state index contributed by atoms with van der Waals surface area (Å²) in [5, 5.41) is 1.53. The summed E-state index contributed by atoms with van der Waals surface area (Å²) >= 11 is 0. The third-order valence-corrected chi connectivity index (χ3v) is 5.35. The predicted molar refractivity (Wildman–Crippen MR) is 89.2 cm³/mol. The fourth-order valence-corrected chi connectivity index (χ4v) is 3.66. The highest BCUT2D eigenvalue weighted by atomic mass is 31.2. The predicted octanol–water partition coefficient (Wildman–Crippen LogP) is 1.18. The average Bonchev–Trinajstić information content (AvgIpc) is 2.90. The van der Waals surface area contributed by atoms with E-state index in [9.17, 15) is 14.2 Å². The van der Waals surface area contributed by atoms with Gasteiger partial charge in [0.1, 0.15) is 0 Å². The highest BCUT2D eigenvalue weighted by Gasteiger charge is 2.36. The molecule has 2 atom stereocenters. The van der Waals surface area contributed by atoms with Crippen LogP contribution in [0.4, 0.5) is 0 Å². The van der Waals surface area contributed by atoms with Gasteiger partial charge in [0.2, 0.25) is 0 Å². The molecule has 1 fully saturated rings. The minimum Gasteiger partial charge on any atom is -0.287 e. The minimum absolute atomic E-state index is 0.0430. The van der Waals surface area contributed by atoms with Crippen LogP contribution in [0.5, 0.6) is 0 Å². The molecule has 0 amide bonds. The normalized spacial score (nSPS) is 21.8. The van der Waals surface area contributed by atoms with E-state index in [1.165, 1.54) is 15.8 Å². The number of rotatable bonds is 8. The number of hydroxylamine groups is 2. The summed E-state index contributed by atoms with van der Waals surface area (Å²) in [5.41, 5.74) is -0.575. The molecule has 0 unspecified atom stereocenters. The van der Waals surface area contributed by atoms with Gasteiger partial charge in [-0.3, -0.25) is 32.8 Å². The maximum atomic E-state index is 12.3. The summed E-state index contributed by atoms with van der Waals surface area (Å²) in [4.78, 5) is 31.3. The first kappa shape index (κ1) is 20.0. The van der Waals surface area contributed by atoms with E-state index in [1.807, 2.05) is 0 Å². The topological polar surface area (TPSA) is 112 Å². The average molecular weight is 377 g/mol. The van der Waals surface area contributed by atoms with E-state index in [4.69, 9.17) is 18.4 Å². The van der Waals surface area contributed by atoms with Crippen LogP contribution in [-0.4, -0.2) is 47.5 Å². The van der Waals surface area contributed by atoms with Gasteiger partial charge < -0.3 is 0 Å². The smallest absolute Gasteiger partial charge is 0.287 e. The molecule has 2 heterocycles. The molecule has 11 heteroatoms. The molecule has 1 aromatic rings. The molecule has 0 spiro atoms. The lowest BCUT2D eigenvalue weighted by Gasteiger charge is -2.21. The van der Waals surface area contributed by atoms with Gasteiger partial charge in [-0.15, -0.1) is 0 Å². The fraction of sp³-hybridized carbons (Fsp3) is 0.714. The molecular weight excluding hydrogens is 353 g/mol. The number of hydrogen-bond donors (Lipinski definition) is 1. The summed E-state index contributed by atoms with van der Waals surface area (Å²) in [5.74, 6) is 0. The lowest BCUT2D eigenvalue weighted by molar-refractivity contribution is -0.170. The Kier molecular flexibility index (Phi) is 6.72. The third kappa shape index (κ3) is 4.87. The monoisotopic (exact) mass is 377 g/mol. The molecule has 25 heavy (non-hydrogen) atoms. The van der Waals surface area contributed by atoms with Crippen molar-refractivity contribution in [2.45, 2.75) is 39.5 Å². The number of nitrogens with one attached hydrogen (secondary N) is 1. The van der Waals surface area contributed by atoms with E-state index in [1.54, 1.807) is 27.8 Å².